The minimum atomic E-state index is -0.651. The highest BCUT2D eigenvalue weighted by atomic mass is 16.5. The van der Waals surface area contributed by atoms with E-state index in [-0.39, 0.29) is 23.5 Å². The van der Waals surface area contributed by atoms with Crippen LogP contribution in [0, 0.1) is 0 Å². The molecule has 5 nitrogen and oxygen atoms in total. The largest absolute Gasteiger partial charge is 0.507 e. The first kappa shape index (κ1) is 19.5. The van der Waals surface area contributed by atoms with Gasteiger partial charge in [0.25, 0.3) is 0 Å². The van der Waals surface area contributed by atoms with Crippen LogP contribution in [0.2, 0.25) is 0 Å². The third-order valence-electron chi connectivity index (χ3n) is 5.17. The smallest absolute Gasteiger partial charge is 0.343 e. The third kappa shape index (κ3) is 3.70. The molecule has 1 heterocycles. The first-order valence-electron chi connectivity index (χ1n) is 9.55. The van der Waals surface area contributed by atoms with E-state index < -0.39 is 11.5 Å². The van der Waals surface area contributed by atoms with Crippen LogP contribution in [0.4, 0.5) is 0 Å². The van der Waals surface area contributed by atoms with E-state index in [9.17, 15) is 14.7 Å². The Morgan fingerprint density at radius 2 is 1.63 bits per heavy atom. The lowest BCUT2D eigenvalue weighted by Gasteiger charge is -2.18. The number of benzene rings is 3. The molecule has 0 radical (unpaired) electrons. The van der Waals surface area contributed by atoms with Crippen molar-refractivity contribution in [2.24, 2.45) is 0 Å². The number of carbonyl (C=O) groups is 1. The van der Waals surface area contributed by atoms with Gasteiger partial charge in [-0.1, -0.05) is 42.5 Å². The molecule has 0 aliphatic rings. The van der Waals surface area contributed by atoms with Crippen LogP contribution in [-0.4, -0.2) is 18.0 Å². The zero-order valence-electron chi connectivity index (χ0n) is 16.4. The Hall–Kier alpha value is -3.86. The van der Waals surface area contributed by atoms with Crippen LogP contribution in [0.3, 0.4) is 0 Å². The lowest BCUT2D eigenvalue weighted by Crippen LogP contribution is -2.17. The average Bonchev–Trinajstić information content (AvgIpc) is 2.79. The topological polar surface area (TPSA) is 76.7 Å². The van der Waals surface area contributed by atoms with Crippen LogP contribution < -0.4 is 10.4 Å². The van der Waals surface area contributed by atoms with Gasteiger partial charge in [-0.3, -0.25) is 4.79 Å². The van der Waals surface area contributed by atoms with E-state index in [1.54, 1.807) is 55.6 Å². The number of carbonyl (C=O) groups excluding carboxylic acids is 1. The molecule has 0 aliphatic heterocycles. The van der Waals surface area contributed by atoms with Gasteiger partial charge in [0.1, 0.15) is 17.1 Å². The van der Waals surface area contributed by atoms with Gasteiger partial charge in [-0.05, 0) is 42.0 Å². The van der Waals surface area contributed by atoms with Crippen molar-refractivity contribution in [3.8, 4) is 11.5 Å². The van der Waals surface area contributed by atoms with Crippen molar-refractivity contribution in [1.82, 2.24) is 0 Å². The second kappa shape index (κ2) is 8.25. The maximum Gasteiger partial charge on any atom is 0.343 e. The number of rotatable bonds is 6. The van der Waals surface area contributed by atoms with Crippen molar-refractivity contribution in [3.05, 3.63) is 106 Å². The van der Waals surface area contributed by atoms with Gasteiger partial charge in [-0.25, -0.2) is 4.79 Å². The minimum absolute atomic E-state index is 0.00695. The van der Waals surface area contributed by atoms with E-state index >= 15 is 0 Å². The van der Waals surface area contributed by atoms with Crippen molar-refractivity contribution < 1.29 is 19.1 Å². The molecule has 1 N–H and O–H groups in total. The molecule has 0 saturated heterocycles. The van der Waals surface area contributed by atoms with E-state index in [0.717, 1.165) is 5.56 Å². The maximum absolute atomic E-state index is 13.0. The molecule has 1 atom stereocenters. The fraction of sp³-hybridized carbons (Fsp3) is 0.120. The number of ether oxygens (including phenoxy) is 1. The van der Waals surface area contributed by atoms with Crippen molar-refractivity contribution in [3.63, 3.8) is 0 Å². The first-order valence-corrected chi connectivity index (χ1v) is 9.55. The molecule has 0 fully saturated rings. The normalized spacial score (nSPS) is 11.9. The highest BCUT2D eigenvalue weighted by Gasteiger charge is 2.27. The predicted molar refractivity (Wildman–Crippen MR) is 114 cm³/mol. The lowest BCUT2D eigenvalue weighted by atomic mass is 9.85. The summed E-state index contributed by atoms with van der Waals surface area (Å²) < 4.78 is 10.6. The SMILES string of the molecule is COc1ccc(C(=O)CC(c2ccccc2)c2c(O)c3ccccc3oc2=O)cc1. The van der Waals surface area contributed by atoms with E-state index in [1.165, 1.54) is 0 Å². The molecule has 1 aromatic heterocycles. The van der Waals surface area contributed by atoms with E-state index in [1.807, 2.05) is 30.3 Å². The molecule has 30 heavy (non-hydrogen) atoms. The van der Waals surface area contributed by atoms with Gasteiger partial charge < -0.3 is 14.3 Å². The first-order chi connectivity index (χ1) is 14.6. The van der Waals surface area contributed by atoms with Crippen molar-refractivity contribution in [2.45, 2.75) is 12.3 Å². The third-order valence-corrected chi connectivity index (χ3v) is 5.17. The Labute approximate surface area is 173 Å². The number of Topliss-reactive ketones (excluding diaryl/α,β-unsaturated/α-hetero) is 1. The Bertz CT molecular complexity index is 1240. The summed E-state index contributed by atoms with van der Waals surface area (Å²) in [6.45, 7) is 0. The summed E-state index contributed by atoms with van der Waals surface area (Å²) in [7, 11) is 1.56. The molecule has 5 heteroatoms. The maximum atomic E-state index is 13.0. The van der Waals surface area contributed by atoms with Crippen LogP contribution in [0.5, 0.6) is 11.5 Å². The minimum Gasteiger partial charge on any atom is -0.507 e. The fourth-order valence-electron chi connectivity index (χ4n) is 3.61. The number of aromatic hydroxyl groups is 1. The zero-order chi connectivity index (χ0) is 21.1. The van der Waals surface area contributed by atoms with Crippen molar-refractivity contribution in [2.75, 3.05) is 7.11 Å². The number of ketones is 1. The second-order valence-electron chi connectivity index (χ2n) is 6.97. The monoisotopic (exact) mass is 400 g/mol. The zero-order valence-corrected chi connectivity index (χ0v) is 16.4. The summed E-state index contributed by atoms with van der Waals surface area (Å²) in [5.41, 5.74) is 0.986. The van der Waals surface area contributed by atoms with Crippen LogP contribution in [0.15, 0.2) is 88.1 Å². The highest BCUT2D eigenvalue weighted by Crippen LogP contribution is 2.36. The quantitative estimate of drug-likeness (QED) is 0.367. The summed E-state index contributed by atoms with van der Waals surface area (Å²) in [5.74, 6) is -0.308. The highest BCUT2D eigenvalue weighted by molar-refractivity contribution is 5.97. The molecule has 0 saturated carbocycles. The number of hydrogen-bond donors (Lipinski definition) is 1. The second-order valence-corrected chi connectivity index (χ2v) is 6.97. The molecule has 1 unspecified atom stereocenters. The molecule has 3 aromatic carbocycles. The van der Waals surface area contributed by atoms with Gasteiger partial charge >= 0.3 is 5.63 Å². The molecular weight excluding hydrogens is 380 g/mol. The molecule has 0 spiro atoms. The summed E-state index contributed by atoms with van der Waals surface area (Å²) in [5, 5.41) is 11.4. The predicted octanol–water partition coefficient (Wildman–Crippen LogP) is 4.91. The lowest BCUT2D eigenvalue weighted by molar-refractivity contribution is 0.0977. The van der Waals surface area contributed by atoms with E-state index in [0.29, 0.717) is 22.3 Å². The van der Waals surface area contributed by atoms with E-state index in [2.05, 4.69) is 0 Å². The number of methoxy groups -OCH3 is 1. The van der Waals surface area contributed by atoms with Gasteiger partial charge in [-0.2, -0.15) is 0 Å². The Kier molecular flexibility index (Phi) is 5.35. The van der Waals surface area contributed by atoms with Crippen LogP contribution in [0.1, 0.15) is 33.8 Å². The molecule has 0 bridgehead atoms. The molecule has 4 aromatic rings. The van der Waals surface area contributed by atoms with Crippen LogP contribution in [-0.2, 0) is 0 Å². The van der Waals surface area contributed by atoms with Gasteiger partial charge in [-0.15, -0.1) is 0 Å². The number of hydrogen-bond acceptors (Lipinski definition) is 5. The summed E-state index contributed by atoms with van der Waals surface area (Å²) in [6.07, 6.45) is 0.00695. The van der Waals surface area contributed by atoms with Gasteiger partial charge in [0.15, 0.2) is 5.78 Å². The summed E-state index contributed by atoms with van der Waals surface area (Å²) >= 11 is 0. The fourth-order valence-corrected chi connectivity index (χ4v) is 3.61. The molecule has 4 rings (SSSR count). The molecule has 0 aliphatic carbocycles. The van der Waals surface area contributed by atoms with Gasteiger partial charge in [0.2, 0.25) is 0 Å². The molecular formula is C25H20O5. The van der Waals surface area contributed by atoms with Crippen LogP contribution in [0.25, 0.3) is 11.0 Å². The molecule has 0 amide bonds. The summed E-state index contributed by atoms with van der Waals surface area (Å²) in [6, 6.07) is 22.8. The summed E-state index contributed by atoms with van der Waals surface area (Å²) in [4.78, 5) is 25.8. The van der Waals surface area contributed by atoms with Crippen molar-refractivity contribution in [1.29, 1.82) is 0 Å². The number of fused-ring (bicyclic) bond motifs is 1. The average molecular weight is 400 g/mol. The van der Waals surface area contributed by atoms with Gasteiger partial charge in [0.05, 0.1) is 18.1 Å². The standard InChI is InChI=1S/C25H20O5/c1-29-18-13-11-17(12-14-18)21(26)15-20(16-7-3-2-4-8-16)23-24(27)19-9-5-6-10-22(19)30-25(23)28/h2-14,20,27H,15H2,1H3. The Balaban J connectivity index is 1.81. The molecule has 150 valence electrons. The van der Waals surface area contributed by atoms with Crippen LogP contribution >= 0.6 is 0 Å². The number of para-hydroxylation sites is 1. The Morgan fingerprint density at radius 1 is 0.967 bits per heavy atom. The van der Waals surface area contributed by atoms with E-state index in [4.69, 9.17) is 9.15 Å². The Morgan fingerprint density at radius 3 is 2.33 bits per heavy atom. The van der Waals surface area contributed by atoms with Gasteiger partial charge in [0, 0.05) is 17.9 Å². The van der Waals surface area contributed by atoms with Crippen molar-refractivity contribution >= 4 is 16.8 Å².